The molecule has 0 aromatic rings. The Morgan fingerprint density at radius 3 is 0.878 bits per heavy atom. The van der Waals surface area contributed by atoms with Gasteiger partial charge in [-0.25, -0.2) is 0 Å². The lowest BCUT2D eigenvalue weighted by atomic mass is 10.5. The van der Waals surface area contributed by atoms with Gasteiger partial charge in [-0.05, 0) is 51.4 Å². The lowest BCUT2D eigenvalue weighted by Crippen LogP contribution is -2.83. The van der Waals surface area contributed by atoms with Crippen molar-refractivity contribution < 1.29 is 124 Å². The van der Waals surface area contributed by atoms with Gasteiger partial charge in [0.1, 0.15) is 33.0 Å². The van der Waals surface area contributed by atoms with Gasteiger partial charge in [0, 0.05) is 107 Å². The van der Waals surface area contributed by atoms with Crippen molar-refractivity contribution in [3.8, 4) is 0 Å². The second-order valence-corrected chi connectivity index (χ2v) is 52.2. The molecule has 38 heteroatoms. The molecule has 0 amide bonds. The first kappa shape index (κ1) is 66.0. The minimum Gasteiger partial charge on any atom is -0.391 e. The maximum Gasteiger partial charge on any atom is 0.486 e. The number of epoxide rings is 5. The molecule has 9 heterocycles. The Labute approximate surface area is 492 Å². The van der Waals surface area contributed by atoms with E-state index in [1.807, 2.05) is 27.7 Å². The van der Waals surface area contributed by atoms with Crippen molar-refractivity contribution in [2.24, 2.45) is 0 Å². The van der Waals surface area contributed by atoms with Gasteiger partial charge in [-0.2, -0.15) is 0 Å². The van der Waals surface area contributed by atoms with E-state index < -0.39 is 88.0 Å². The molecule has 474 valence electrons. The van der Waals surface area contributed by atoms with E-state index in [1.165, 1.54) is 7.11 Å². The molecular weight excluding hydrogens is 1260 g/mol. The summed E-state index contributed by atoms with van der Waals surface area (Å²) in [5, 5.41) is 0. The van der Waals surface area contributed by atoms with Gasteiger partial charge in [0.25, 0.3) is 0 Å². The van der Waals surface area contributed by atoms with Crippen molar-refractivity contribution in [1.82, 2.24) is 0 Å². The lowest BCUT2D eigenvalue weighted by molar-refractivity contribution is -0.00557. The van der Waals surface area contributed by atoms with Crippen LogP contribution in [0.3, 0.4) is 0 Å². The van der Waals surface area contributed by atoms with Crippen molar-refractivity contribution in [3.05, 3.63) is 0 Å². The van der Waals surface area contributed by atoms with Crippen molar-refractivity contribution in [3.63, 3.8) is 0 Å². The predicted molar refractivity (Wildman–Crippen MR) is 300 cm³/mol. The number of hydrogen-bond donors (Lipinski definition) is 3. The zero-order valence-corrected chi connectivity index (χ0v) is 58.3. The molecule has 82 heavy (non-hydrogen) atoms. The first-order chi connectivity index (χ1) is 39.5. The van der Waals surface area contributed by atoms with E-state index in [-0.39, 0.29) is 144 Å². The summed E-state index contributed by atoms with van der Waals surface area (Å²) >= 11 is 0. The average Bonchev–Trinajstić information content (AvgIpc) is 3.45. The summed E-state index contributed by atoms with van der Waals surface area (Å²) in [7, 11) is -44.3. The highest BCUT2D eigenvalue weighted by Gasteiger charge is 2.79. The average molecular weight is 1350 g/mol. The van der Waals surface area contributed by atoms with E-state index >= 15 is 0 Å². The van der Waals surface area contributed by atoms with Crippen molar-refractivity contribution >= 4 is 88.0 Å². The molecule has 10 rings (SSSR count). The molecule has 0 aromatic heterocycles. The summed E-state index contributed by atoms with van der Waals surface area (Å²) in [4.78, 5) is 39.9. The topological polar surface area (TPSA) is 308 Å². The molecule has 1 saturated carbocycles. The normalized spacial score (nSPS) is 43.1. The van der Waals surface area contributed by atoms with E-state index in [4.69, 9.17) is 110 Å². The smallest absolute Gasteiger partial charge is 0.391 e. The molecule has 0 aromatic carbocycles. The van der Waals surface area contributed by atoms with E-state index in [1.54, 1.807) is 0 Å². The summed E-state index contributed by atoms with van der Waals surface area (Å²) in [6, 6.07) is 0.651. The van der Waals surface area contributed by atoms with Crippen LogP contribution < -0.4 is 0 Å². The third-order valence-corrected chi connectivity index (χ3v) is 57.8. The lowest BCUT2D eigenvalue weighted by Gasteiger charge is -2.58. The number of ether oxygens (including phenoxy) is 11. The van der Waals surface area contributed by atoms with Gasteiger partial charge in [0.2, 0.25) is 0 Å². The van der Waals surface area contributed by atoms with Crippen LogP contribution >= 0.6 is 0 Å². The van der Waals surface area contributed by atoms with Gasteiger partial charge < -0.3 is 124 Å². The largest absolute Gasteiger partial charge is 0.486 e. The first-order valence-electron chi connectivity index (χ1n) is 30.1. The van der Waals surface area contributed by atoms with E-state index in [0.29, 0.717) is 91.0 Å². The van der Waals surface area contributed by atoms with E-state index in [0.717, 1.165) is 12.8 Å². The second-order valence-electron chi connectivity index (χ2n) is 22.3. The van der Waals surface area contributed by atoms with Crippen LogP contribution in [0.1, 0.15) is 105 Å². The Kier molecular flexibility index (Phi) is 23.1. The van der Waals surface area contributed by atoms with Crippen LogP contribution in [0.4, 0.5) is 0 Å². The van der Waals surface area contributed by atoms with Crippen LogP contribution in [0.2, 0.25) is 60.4 Å². The Hall–Kier alpha value is 1.05. The highest BCUT2D eigenvalue weighted by molar-refractivity contribution is 7.00. The number of rotatable bonds is 39. The van der Waals surface area contributed by atoms with Gasteiger partial charge in [0.15, 0.2) is 31.5 Å². The quantitative estimate of drug-likeness (QED) is 0.0439. The Balaban J connectivity index is 1.12. The minimum atomic E-state index is -4.72. The second kappa shape index (κ2) is 28.7. The fourth-order valence-corrected chi connectivity index (χ4v) is 64.6. The zero-order chi connectivity index (χ0) is 57.5. The molecule has 3 N–H and O–H groups in total. The summed E-state index contributed by atoms with van der Waals surface area (Å²) in [6.07, 6.45) is 4.01. The Morgan fingerprint density at radius 1 is 0.317 bits per heavy atom. The molecule has 9 aliphatic heterocycles. The maximum absolute atomic E-state index is 13.4. The third kappa shape index (κ3) is 19.3. The van der Waals surface area contributed by atoms with Gasteiger partial charge in [-0.15, -0.1) is 0 Å². The summed E-state index contributed by atoms with van der Waals surface area (Å²) in [5.41, 5.74) is 0. The highest BCUT2D eigenvalue weighted by Crippen LogP contribution is 2.51. The molecule has 6 bridgehead atoms. The SMILES string of the molecule is CCC[Si]12O[Si](O)(CCCOC3CO3)O[Si](O)(CCCOC3CC3)O[Si](CCC)(O1)O[Si]1(CCCOC3CO3)O[Si]3(CCC)O[Si](CCCOC4CO4)(OC)O[Si](O)(CCCOC4CO4)O[Si](CCC)(O3)O[Si](CCCOC3CO3)(O2)O1. The van der Waals surface area contributed by atoms with Gasteiger partial charge in [0.05, 0.1) is 6.10 Å². The highest BCUT2D eigenvalue weighted by atomic mass is 28.6. The Bertz CT molecular complexity index is 2020. The van der Waals surface area contributed by atoms with Crippen molar-refractivity contribution in [1.29, 1.82) is 0 Å². The van der Waals surface area contributed by atoms with Crippen LogP contribution in [0, 0.1) is 0 Å². The molecular formula is C44H90O28Si10. The number of hydrogen-bond acceptors (Lipinski definition) is 28. The summed E-state index contributed by atoms with van der Waals surface area (Å²) in [6.45, 7) is 11.7. The van der Waals surface area contributed by atoms with Crippen LogP contribution in [-0.2, 0) is 110 Å². The molecule has 15 atom stereocenters. The van der Waals surface area contributed by atoms with Gasteiger partial charge in [-0.3, -0.25) is 0 Å². The van der Waals surface area contributed by atoms with Crippen molar-refractivity contribution in [2.45, 2.75) is 203 Å². The molecule has 9 saturated heterocycles. The molecule has 0 spiro atoms. The van der Waals surface area contributed by atoms with Crippen LogP contribution in [0.5, 0.6) is 0 Å². The predicted octanol–water partition coefficient (Wildman–Crippen LogP) is 4.29. The van der Waals surface area contributed by atoms with Crippen LogP contribution in [-0.4, -0.2) is 220 Å². The van der Waals surface area contributed by atoms with E-state index in [9.17, 15) is 14.4 Å². The molecule has 10 fully saturated rings. The standard InChI is InChI=1S/C44H90O28Si10/c1-6-24-77-63-74(46,29-11-19-50-40-34-55-40)60-73(45,28-10-18-49-39-16-17-39)62-78(66-77,25-7-2)69-82(33-15-23-54-44-38-59-44)71-80(27-9-4)65-76(48-5,31-13-21-52-42-36-57-42)61-75(47,30-12-20-51-41-35-56-41)64-79(67-80,26-8-3)70-81(68-77,72-82)32-14-22-53-43-37-58-43/h39-47H,6-38H2,1-5H3. The summed E-state index contributed by atoms with van der Waals surface area (Å²) < 4.78 is 168. The minimum absolute atomic E-state index is 0.00470. The maximum atomic E-state index is 13.4. The zero-order valence-electron chi connectivity index (χ0n) is 48.3. The van der Waals surface area contributed by atoms with Crippen LogP contribution in [0.25, 0.3) is 0 Å². The van der Waals surface area contributed by atoms with Crippen molar-refractivity contribution in [2.75, 3.05) is 79.8 Å². The Morgan fingerprint density at radius 2 is 0.585 bits per heavy atom. The molecule has 10 aliphatic rings. The third-order valence-electron chi connectivity index (χ3n) is 14.3. The summed E-state index contributed by atoms with van der Waals surface area (Å²) in [5.74, 6) is 0. The van der Waals surface area contributed by atoms with Crippen LogP contribution in [0.15, 0.2) is 0 Å². The monoisotopic (exact) mass is 1350 g/mol. The fourth-order valence-electron chi connectivity index (χ4n) is 10.3. The van der Waals surface area contributed by atoms with E-state index in [2.05, 4.69) is 0 Å². The fraction of sp³-hybridized carbons (Fsp3) is 1.00. The van der Waals surface area contributed by atoms with Gasteiger partial charge in [-0.1, -0.05) is 53.4 Å². The molecule has 0 radical (unpaired) electrons. The molecule has 28 nitrogen and oxygen atoms in total. The molecule has 1 aliphatic carbocycles. The van der Waals surface area contributed by atoms with Gasteiger partial charge >= 0.3 is 88.0 Å². The number of fused-ring (bicyclic) bond motifs is 6. The molecule has 15 unspecified atom stereocenters. The first-order valence-corrected chi connectivity index (χ1v) is 49.5.